The smallest absolute Gasteiger partial charge is 0.0610 e. The van der Waals surface area contributed by atoms with Crippen LogP contribution in [0.3, 0.4) is 0 Å². The lowest BCUT2D eigenvalue weighted by Gasteiger charge is -2.28. The van der Waals surface area contributed by atoms with Gasteiger partial charge in [0.25, 0.3) is 0 Å². The van der Waals surface area contributed by atoms with Crippen molar-refractivity contribution < 1.29 is 0 Å². The summed E-state index contributed by atoms with van der Waals surface area (Å²) in [6.45, 7) is 2.32. The van der Waals surface area contributed by atoms with Crippen molar-refractivity contribution in [1.29, 1.82) is 0 Å². The van der Waals surface area contributed by atoms with E-state index in [1.807, 2.05) is 22.7 Å². The van der Waals surface area contributed by atoms with Crippen LogP contribution in [0.5, 0.6) is 0 Å². The summed E-state index contributed by atoms with van der Waals surface area (Å²) in [5.41, 5.74) is 1.33. The first-order valence-corrected chi connectivity index (χ1v) is 7.71. The predicted octanol–water partition coefficient (Wildman–Crippen LogP) is 5.16. The van der Waals surface area contributed by atoms with Crippen LogP contribution in [-0.4, -0.2) is 0 Å². The first kappa shape index (κ1) is 11.7. The second-order valence-corrected chi connectivity index (χ2v) is 6.34. The molecule has 0 spiro atoms. The molecule has 0 aliphatic heterocycles. The number of benzene rings is 1. The lowest BCUT2D eigenvalue weighted by atomic mass is 9.79. The summed E-state index contributed by atoms with van der Waals surface area (Å²) in [5.74, 6) is 0. The van der Waals surface area contributed by atoms with Gasteiger partial charge < -0.3 is 0 Å². The van der Waals surface area contributed by atoms with Crippen LogP contribution in [0.1, 0.15) is 22.2 Å². The Morgan fingerprint density at radius 1 is 0.722 bits per heavy atom. The molecule has 90 valence electrons. The highest BCUT2D eigenvalue weighted by atomic mass is 32.1. The maximum absolute atomic E-state index is 2.32. The molecule has 0 aliphatic rings. The Labute approximate surface area is 116 Å². The summed E-state index contributed by atoms with van der Waals surface area (Å²) < 4.78 is 0. The fraction of sp³-hybridized carbons (Fsp3) is 0.125. The molecule has 0 atom stereocenters. The number of hydrogen-bond donors (Lipinski definition) is 0. The van der Waals surface area contributed by atoms with Crippen molar-refractivity contribution in [3.8, 4) is 0 Å². The topological polar surface area (TPSA) is 0 Å². The van der Waals surface area contributed by atoms with Crippen LogP contribution < -0.4 is 0 Å². The highest BCUT2D eigenvalue weighted by molar-refractivity contribution is 7.11. The molecule has 0 radical (unpaired) electrons. The molecular weight excluding hydrogens is 256 g/mol. The van der Waals surface area contributed by atoms with E-state index < -0.39 is 0 Å². The van der Waals surface area contributed by atoms with E-state index in [1.54, 1.807) is 0 Å². The van der Waals surface area contributed by atoms with Crippen molar-refractivity contribution in [2.24, 2.45) is 0 Å². The third-order valence-electron chi connectivity index (χ3n) is 3.38. The zero-order valence-electron chi connectivity index (χ0n) is 10.2. The highest BCUT2D eigenvalue weighted by Gasteiger charge is 2.32. The fourth-order valence-electron chi connectivity index (χ4n) is 2.30. The summed E-state index contributed by atoms with van der Waals surface area (Å²) in [4.78, 5) is 2.80. The molecule has 3 rings (SSSR count). The molecule has 0 bridgehead atoms. The minimum atomic E-state index is -0.0242. The molecule has 2 heteroatoms. The van der Waals surface area contributed by atoms with Gasteiger partial charge in [-0.25, -0.2) is 0 Å². The van der Waals surface area contributed by atoms with E-state index in [2.05, 4.69) is 72.3 Å². The first-order chi connectivity index (χ1) is 8.82. The molecule has 0 unspecified atom stereocenters. The van der Waals surface area contributed by atoms with Crippen LogP contribution in [0.15, 0.2) is 65.4 Å². The molecule has 0 N–H and O–H groups in total. The Bertz CT molecular complexity index is 558. The lowest BCUT2D eigenvalue weighted by Crippen LogP contribution is -2.22. The van der Waals surface area contributed by atoms with E-state index in [4.69, 9.17) is 0 Å². The quantitative estimate of drug-likeness (QED) is 0.616. The molecule has 0 nitrogen and oxygen atoms in total. The van der Waals surface area contributed by atoms with Gasteiger partial charge in [0, 0.05) is 9.75 Å². The summed E-state index contributed by atoms with van der Waals surface area (Å²) in [7, 11) is 0. The fourth-order valence-corrected chi connectivity index (χ4v) is 4.22. The second-order valence-electron chi connectivity index (χ2n) is 4.45. The number of thiophene rings is 2. The van der Waals surface area contributed by atoms with Crippen LogP contribution >= 0.6 is 22.7 Å². The molecule has 2 heterocycles. The van der Waals surface area contributed by atoms with Crippen molar-refractivity contribution in [1.82, 2.24) is 0 Å². The van der Waals surface area contributed by atoms with E-state index in [0.717, 1.165) is 0 Å². The molecule has 0 fully saturated rings. The number of hydrogen-bond acceptors (Lipinski definition) is 2. The van der Waals surface area contributed by atoms with E-state index >= 15 is 0 Å². The molecule has 0 aliphatic carbocycles. The molecule has 0 saturated carbocycles. The molecule has 0 amide bonds. The van der Waals surface area contributed by atoms with Crippen LogP contribution in [0, 0.1) is 0 Å². The molecule has 2 aromatic heterocycles. The maximum Gasteiger partial charge on any atom is 0.0610 e. The van der Waals surface area contributed by atoms with Crippen molar-refractivity contribution in [2.75, 3.05) is 0 Å². The van der Waals surface area contributed by atoms with E-state index in [1.165, 1.54) is 15.3 Å². The minimum Gasteiger partial charge on any atom is -0.148 e. The van der Waals surface area contributed by atoms with Crippen molar-refractivity contribution in [3.05, 3.63) is 80.7 Å². The van der Waals surface area contributed by atoms with Gasteiger partial charge in [0.1, 0.15) is 0 Å². The van der Waals surface area contributed by atoms with Gasteiger partial charge in [-0.2, -0.15) is 0 Å². The molecular formula is C16H14S2. The van der Waals surface area contributed by atoms with Gasteiger partial charge in [-0.05, 0) is 35.4 Å². The van der Waals surface area contributed by atoms with Crippen LogP contribution in [0.4, 0.5) is 0 Å². The van der Waals surface area contributed by atoms with Crippen LogP contribution in [-0.2, 0) is 5.41 Å². The zero-order chi connectivity index (χ0) is 12.4. The average molecular weight is 270 g/mol. The van der Waals surface area contributed by atoms with Gasteiger partial charge in [0.15, 0.2) is 0 Å². The van der Waals surface area contributed by atoms with Gasteiger partial charge in [0.2, 0.25) is 0 Å². The Hall–Kier alpha value is -1.38. The van der Waals surface area contributed by atoms with Gasteiger partial charge in [0.05, 0.1) is 5.41 Å². The van der Waals surface area contributed by atoms with Crippen LogP contribution in [0.2, 0.25) is 0 Å². The Balaban J connectivity index is 2.22. The summed E-state index contributed by atoms with van der Waals surface area (Å²) in [5, 5.41) is 4.31. The van der Waals surface area contributed by atoms with Gasteiger partial charge in [-0.3, -0.25) is 0 Å². The highest BCUT2D eigenvalue weighted by Crippen LogP contribution is 2.42. The lowest BCUT2D eigenvalue weighted by molar-refractivity contribution is 0.726. The van der Waals surface area contributed by atoms with Crippen LogP contribution in [0.25, 0.3) is 0 Å². The summed E-state index contributed by atoms with van der Waals surface area (Å²) >= 11 is 3.66. The van der Waals surface area contributed by atoms with Gasteiger partial charge in [-0.1, -0.05) is 42.5 Å². The summed E-state index contributed by atoms with van der Waals surface area (Å²) in [6, 6.07) is 19.5. The van der Waals surface area contributed by atoms with E-state index in [9.17, 15) is 0 Å². The molecule has 0 saturated heterocycles. The Kier molecular flexibility index (Phi) is 3.06. The summed E-state index contributed by atoms with van der Waals surface area (Å²) in [6.07, 6.45) is 0. The van der Waals surface area contributed by atoms with E-state index in [0.29, 0.717) is 0 Å². The second kappa shape index (κ2) is 4.71. The normalized spacial score (nSPS) is 11.6. The monoisotopic (exact) mass is 270 g/mol. The van der Waals surface area contributed by atoms with E-state index in [-0.39, 0.29) is 5.41 Å². The molecule has 3 aromatic rings. The standard InChI is InChI=1S/C16H14S2/c1-16(14-9-5-11-17-14,15-10-6-12-18-15)13-7-3-2-4-8-13/h2-12H,1H3. The van der Waals surface area contributed by atoms with Crippen molar-refractivity contribution >= 4 is 22.7 Å². The van der Waals surface area contributed by atoms with Gasteiger partial charge in [-0.15, -0.1) is 22.7 Å². The zero-order valence-corrected chi connectivity index (χ0v) is 11.8. The Morgan fingerprint density at radius 3 is 1.72 bits per heavy atom. The number of rotatable bonds is 3. The third-order valence-corrected chi connectivity index (χ3v) is 5.56. The van der Waals surface area contributed by atoms with Crippen molar-refractivity contribution in [2.45, 2.75) is 12.3 Å². The first-order valence-electron chi connectivity index (χ1n) is 5.95. The predicted molar refractivity (Wildman–Crippen MR) is 80.6 cm³/mol. The molecule has 1 aromatic carbocycles. The SMILES string of the molecule is CC(c1ccccc1)(c1cccs1)c1cccs1. The van der Waals surface area contributed by atoms with Crippen molar-refractivity contribution in [3.63, 3.8) is 0 Å². The average Bonchev–Trinajstić information content (AvgIpc) is 3.12. The maximum atomic E-state index is 2.32. The van der Waals surface area contributed by atoms with Gasteiger partial charge >= 0.3 is 0 Å². The Morgan fingerprint density at radius 2 is 1.28 bits per heavy atom. The largest absolute Gasteiger partial charge is 0.148 e. The third kappa shape index (κ3) is 1.82. The minimum absolute atomic E-state index is 0.0242. The molecule has 18 heavy (non-hydrogen) atoms.